The quantitative estimate of drug-likeness (QED) is 0.849. The number of halogens is 1. The highest BCUT2D eigenvalue weighted by Crippen LogP contribution is 2.32. The average Bonchev–Trinajstić information content (AvgIpc) is 2.85. The van der Waals surface area contributed by atoms with E-state index in [-0.39, 0.29) is 0 Å². The van der Waals surface area contributed by atoms with E-state index < -0.39 is 0 Å². The number of rotatable bonds is 2. The van der Waals surface area contributed by atoms with Gasteiger partial charge in [-0.1, -0.05) is 24.1 Å². The number of benzene rings is 1. The van der Waals surface area contributed by atoms with Gasteiger partial charge in [-0.15, -0.1) is 0 Å². The van der Waals surface area contributed by atoms with Crippen molar-refractivity contribution in [3.8, 4) is 0 Å². The van der Waals surface area contributed by atoms with Crippen LogP contribution in [0.3, 0.4) is 0 Å². The molecule has 0 saturated heterocycles. The van der Waals surface area contributed by atoms with E-state index in [1.807, 2.05) is 12.1 Å². The summed E-state index contributed by atoms with van der Waals surface area (Å²) < 4.78 is 0. The van der Waals surface area contributed by atoms with E-state index >= 15 is 0 Å². The molecule has 0 radical (unpaired) electrons. The van der Waals surface area contributed by atoms with Gasteiger partial charge >= 0.3 is 0 Å². The van der Waals surface area contributed by atoms with Crippen LogP contribution in [0, 0.1) is 12.8 Å². The molecule has 3 N–H and O–H groups in total. The molecule has 1 saturated carbocycles. The van der Waals surface area contributed by atoms with Crippen LogP contribution in [0.4, 0.5) is 0 Å². The van der Waals surface area contributed by atoms with Crippen LogP contribution in [0.15, 0.2) is 18.2 Å². The number of hydrogen-bond acceptors (Lipinski definition) is 1. The number of nitrogens with two attached hydrogens (primary N) is 1. The summed E-state index contributed by atoms with van der Waals surface area (Å²) in [5, 5.41) is 2.09. The summed E-state index contributed by atoms with van der Waals surface area (Å²) in [6.07, 6.45) is 4.81. The minimum atomic E-state index is 0.377. The fraction of sp³-hybridized carbons (Fsp3) is 0.467. The van der Waals surface area contributed by atoms with Crippen LogP contribution < -0.4 is 5.73 Å². The Balaban J connectivity index is 1.98. The largest absolute Gasteiger partial charge is 0.358 e. The van der Waals surface area contributed by atoms with Crippen LogP contribution in [0.1, 0.15) is 30.5 Å². The molecule has 1 heterocycles. The zero-order valence-electron chi connectivity index (χ0n) is 10.7. The second kappa shape index (κ2) is 4.60. The van der Waals surface area contributed by atoms with Crippen molar-refractivity contribution < 1.29 is 0 Å². The zero-order valence-corrected chi connectivity index (χ0v) is 11.4. The molecule has 1 aliphatic carbocycles. The average molecular weight is 263 g/mol. The third-order valence-corrected chi connectivity index (χ3v) is 4.50. The summed E-state index contributed by atoms with van der Waals surface area (Å²) in [5.74, 6) is 0.637. The number of aromatic nitrogens is 1. The Morgan fingerprint density at radius 1 is 1.39 bits per heavy atom. The summed E-state index contributed by atoms with van der Waals surface area (Å²) in [6, 6.07) is 6.47. The second-order valence-electron chi connectivity index (χ2n) is 5.48. The first-order valence-corrected chi connectivity index (χ1v) is 7.05. The first-order valence-electron chi connectivity index (χ1n) is 6.67. The van der Waals surface area contributed by atoms with E-state index in [1.165, 1.54) is 35.9 Å². The molecule has 1 fully saturated rings. The monoisotopic (exact) mass is 262 g/mol. The van der Waals surface area contributed by atoms with E-state index in [2.05, 4.69) is 18.0 Å². The Kier molecular flexibility index (Phi) is 3.08. The molecule has 2 atom stereocenters. The van der Waals surface area contributed by atoms with E-state index in [0.717, 1.165) is 17.0 Å². The molecule has 96 valence electrons. The predicted octanol–water partition coefficient (Wildman–Crippen LogP) is 3.80. The maximum atomic E-state index is 6.18. The van der Waals surface area contributed by atoms with Gasteiger partial charge in [-0.25, -0.2) is 0 Å². The number of nitrogens with one attached hydrogen (secondary N) is 1. The normalized spacial score (nSPS) is 23.9. The standard InChI is InChI=1S/C15H19ClN2/c1-9-13(7-10-3-2-4-14(10)17)12-6-5-11(16)8-15(12)18-9/h5-6,8,10,14,18H,2-4,7,17H2,1H3. The fourth-order valence-corrected chi connectivity index (χ4v) is 3.38. The van der Waals surface area contributed by atoms with Crippen molar-refractivity contribution in [3.05, 3.63) is 34.5 Å². The molecule has 2 aromatic rings. The molecular formula is C15H19ClN2. The van der Waals surface area contributed by atoms with Crippen molar-refractivity contribution in [2.45, 2.75) is 38.6 Å². The van der Waals surface area contributed by atoms with Gasteiger partial charge in [0.05, 0.1) is 0 Å². The highest BCUT2D eigenvalue weighted by atomic mass is 35.5. The number of H-pyrrole nitrogens is 1. The topological polar surface area (TPSA) is 41.8 Å². The molecule has 0 bridgehead atoms. The van der Waals surface area contributed by atoms with Gasteiger partial charge in [0.25, 0.3) is 0 Å². The number of aromatic amines is 1. The lowest BCUT2D eigenvalue weighted by Crippen LogP contribution is -2.25. The lowest BCUT2D eigenvalue weighted by molar-refractivity contribution is 0.479. The van der Waals surface area contributed by atoms with Crippen LogP contribution >= 0.6 is 11.6 Å². The lowest BCUT2D eigenvalue weighted by atomic mass is 9.93. The number of fused-ring (bicyclic) bond motifs is 1. The zero-order chi connectivity index (χ0) is 12.7. The molecule has 3 heteroatoms. The molecule has 0 spiro atoms. The Hall–Kier alpha value is -0.990. The third kappa shape index (κ3) is 2.04. The molecule has 2 unspecified atom stereocenters. The fourth-order valence-electron chi connectivity index (χ4n) is 3.21. The van der Waals surface area contributed by atoms with Crippen molar-refractivity contribution >= 4 is 22.5 Å². The number of aryl methyl sites for hydroxylation is 1. The summed E-state index contributed by atoms with van der Waals surface area (Å²) in [7, 11) is 0. The summed E-state index contributed by atoms with van der Waals surface area (Å²) in [4.78, 5) is 3.43. The highest BCUT2D eigenvalue weighted by molar-refractivity contribution is 6.31. The molecule has 1 aliphatic rings. The van der Waals surface area contributed by atoms with Crippen molar-refractivity contribution in [2.24, 2.45) is 11.7 Å². The molecular weight excluding hydrogens is 244 g/mol. The van der Waals surface area contributed by atoms with Crippen molar-refractivity contribution in [2.75, 3.05) is 0 Å². The molecule has 1 aromatic heterocycles. The van der Waals surface area contributed by atoms with E-state index in [4.69, 9.17) is 17.3 Å². The number of hydrogen-bond donors (Lipinski definition) is 2. The molecule has 1 aromatic carbocycles. The molecule has 3 rings (SSSR count). The van der Waals surface area contributed by atoms with Gasteiger partial charge in [-0.3, -0.25) is 0 Å². The van der Waals surface area contributed by atoms with Gasteiger partial charge in [-0.05, 0) is 49.8 Å². The van der Waals surface area contributed by atoms with E-state index in [1.54, 1.807) is 0 Å². The molecule has 0 amide bonds. The smallest absolute Gasteiger partial charge is 0.0473 e. The van der Waals surface area contributed by atoms with Crippen LogP contribution in [-0.4, -0.2) is 11.0 Å². The molecule has 2 nitrogen and oxygen atoms in total. The summed E-state index contributed by atoms with van der Waals surface area (Å²) >= 11 is 6.03. The second-order valence-corrected chi connectivity index (χ2v) is 5.91. The van der Waals surface area contributed by atoms with E-state index in [0.29, 0.717) is 12.0 Å². The van der Waals surface area contributed by atoms with Gasteiger partial charge in [0.1, 0.15) is 0 Å². The lowest BCUT2D eigenvalue weighted by Gasteiger charge is -2.15. The third-order valence-electron chi connectivity index (χ3n) is 4.27. The van der Waals surface area contributed by atoms with Gasteiger partial charge in [0.15, 0.2) is 0 Å². The Labute approximate surface area is 113 Å². The Morgan fingerprint density at radius 2 is 2.22 bits per heavy atom. The van der Waals surface area contributed by atoms with Crippen molar-refractivity contribution in [1.82, 2.24) is 4.98 Å². The van der Waals surface area contributed by atoms with Gasteiger partial charge in [0.2, 0.25) is 0 Å². The summed E-state index contributed by atoms with van der Waals surface area (Å²) in [5.41, 5.74) is 10.00. The van der Waals surface area contributed by atoms with E-state index in [9.17, 15) is 0 Å². The maximum Gasteiger partial charge on any atom is 0.0473 e. The SMILES string of the molecule is Cc1[nH]c2cc(Cl)ccc2c1CC1CCCC1N. The van der Waals surface area contributed by atoms with Gasteiger partial charge < -0.3 is 10.7 Å². The van der Waals surface area contributed by atoms with Gasteiger partial charge in [0, 0.05) is 27.7 Å². The van der Waals surface area contributed by atoms with Crippen molar-refractivity contribution in [1.29, 1.82) is 0 Å². The van der Waals surface area contributed by atoms with Gasteiger partial charge in [-0.2, -0.15) is 0 Å². The predicted molar refractivity (Wildman–Crippen MR) is 77.1 cm³/mol. The first kappa shape index (κ1) is 12.1. The maximum absolute atomic E-state index is 6.18. The Morgan fingerprint density at radius 3 is 2.94 bits per heavy atom. The van der Waals surface area contributed by atoms with Crippen LogP contribution in [0.25, 0.3) is 10.9 Å². The minimum absolute atomic E-state index is 0.377. The molecule has 18 heavy (non-hydrogen) atoms. The minimum Gasteiger partial charge on any atom is -0.358 e. The summed E-state index contributed by atoms with van der Waals surface area (Å²) in [6.45, 7) is 2.14. The van der Waals surface area contributed by atoms with Crippen LogP contribution in [0.5, 0.6) is 0 Å². The van der Waals surface area contributed by atoms with Crippen LogP contribution in [0.2, 0.25) is 5.02 Å². The first-order chi connectivity index (χ1) is 8.65. The van der Waals surface area contributed by atoms with Crippen LogP contribution in [-0.2, 0) is 6.42 Å². The van der Waals surface area contributed by atoms with Crippen molar-refractivity contribution in [3.63, 3.8) is 0 Å². The molecule has 0 aliphatic heterocycles. The Bertz CT molecular complexity index is 573. The highest BCUT2D eigenvalue weighted by Gasteiger charge is 2.25.